The minimum absolute atomic E-state index is 0.191. The summed E-state index contributed by atoms with van der Waals surface area (Å²) in [4.78, 5) is 27.4. The molecule has 22 heavy (non-hydrogen) atoms. The Labute approximate surface area is 127 Å². The van der Waals surface area contributed by atoms with Crippen molar-refractivity contribution in [1.29, 1.82) is 0 Å². The van der Waals surface area contributed by atoms with Crippen LogP contribution in [0.1, 0.15) is 32.9 Å². The number of nitrogens with one attached hydrogen (secondary N) is 3. The monoisotopic (exact) mass is 299 g/mol. The fourth-order valence-electron chi connectivity index (χ4n) is 2.61. The SMILES string of the molecule is Cc1ncc2c(c1CNC(=O)c1ccc(=O)[nH]n1)CCNC2. The lowest BCUT2D eigenvalue weighted by Crippen LogP contribution is -2.29. The summed E-state index contributed by atoms with van der Waals surface area (Å²) in [5.74, 6) is -0.317. The average molecular weight is 299 g/mol. The van der Waals surface area contributed by atoms with E-state index in [1.54, 1.807) is 0 Å². The summed E-state index contributed by atoms with van der Waals surface area (Å²) in [6.07, 6.45) is 2.83. The number of hydrogen-bond acceptors (Lipinski definition) is 5. The van der Waals surface area contributed by atoms with Gasteiger partial charge in [-0.3, -0.25) is 14.6 Å². The number of rotatable bonds is 3. The van der Waals surface area contributed by atoms with Gasteiger partial charge in [0.05, 0.1) is 0 Å². The summed E-state index contributed by atoms with van der Waals surface area (Å²) >= 11 is 0. The van der Waals surface area contributed by atoms with E-state index in [4.69, 9.17) is 0 Å². The van der Waals surface area contributed by atoms with Gasteiger partial charge in [0, 0.05) is 31.0 Å². The van der Waals surface area contributed by atoms with Crippen molar-refractivity contribution in [2.24, 2.45) is 0 Å². The molecule has 0 saturated heterocycles. The number of amides is 1. The molecule has 0 spiro atoms. The van der Waals surface area contributed by atoms with Crippen molar-refractivity contribution in [3.63, 3.8) is 0 Å². The van der Waals surface area contributed by atoms with E-state index in [1.807, 2.05) is 13.1 Å². The number of aromatic amines is 1. The number of aryl methyl sites for hydroxylation is 1. The van der Waals surface area contributed by atoms with E-state index in [0.29, 0.717) is 6.54 Å². The minimum Gasteiger partial charge on any atom is -0.346 e. The zero-order chi connectivity index (χ0) is 15.5. The van der Waals surface area contributed by atoms with Crippen molar-refractivity contribution in [3.8, 4) is 0 Å². The molecule has 0 radical (unpaired) electrons. The van der Waals surface area contributed by atoms with E-state index in [2.05, 4.69) is 25.8 Å². The number of H-pyrrole nitrogens is 1. The Morgan fingerprint density at radius 1 is 1.41 bits per heavy atom. The van der Waals surface area contributed by atoms with Crippen LogP contribution in [0.4, 0.5) is 0 Å². The van der Waals surface area contributed by atoms with Gasteiger partial charge in [0.1, 0.15) is 5.69 Å². The van der Waals surface area contributed by atoms with E-state index in [9.17, 15) is 9.59 Å². The van der Waals surface area contributed by atoms with Crippen LogP contribution in [0.25, 0.3) is 0 Å². The van der Waals surface area contributed by atoms with Crippen molar-refractivity contribution in [2.45, 2.75) is 26.4 Å². The summed E-state index contributed by atoms with van der Waals surface area (Å²) in [6, 6.07) is 2.69. The lowest BCUT2D eigenvalue weighted by Gasteiger charge is -2.21. The molecule has 2 aromatic rings. The number of nitrogens with zero attached hydrogens (tertiary/aromatic N) is 2. The predicted molar refractivity (Wildman–Crippen MR) is 80.4 cm³/mol. The Bertz CT molecular complexity index is 749. The number of hydrogen-bond donors (Lipinski definition) is 3. The van der Waals surface area contributed by atoms with Crippen molar-refractivity contribution < 1.29 is 4.79 Å². The molecule has 0 fully saturated rings. The largest absolute Gasteiger partial charge is 0.346 e. The van der Waals surface area contributed by atoms with Gasteiger partial charge in [0.15, 0.2) is 0 Å². The molecular weight excluding hydrogens is 282 g/mol. The van der Waals surface area contributed by atoms with Crippen molar-refractivity contribution in [1.82, 2.24) is 25.8 Å². The molecule has 0 bridgehead atoms. The van der Waals surface area contributed by atoms with E-state index < -0.39 is 0 Å². The van der Waals surface area contributed by atoms with E-state index in [-0.39, 0.29) is 17.2 Å². The molecule has 3 heterocycles. The van der Waals surface area contributed by atoms with Crippen LogP contribution in [0.2, 0.25) is 0 Å². The molecule has 3 rings (SSSR count). The molecule has 3 N–H and O–H groups in total. The number of pyridine rings is 1. The van der Waals surface area contributed by atoms with Gasteiger partial charge < -0.3 is 10.6 Å². The number of aromatic nitrogens is 3. The average Bonchev–Trinajstić information content (AvgIpc) is 2.54. The van der Waals surface area contributed by atoms with E-state index in [0.717, 1.165) is 30.8 Å². The van der Waals surface area contributed by atoms with Gasteiger partial charge >= 0.3 is 0 Å². The molecule has 1 aliphatic heterocycles. The second-order valence-electron chi connectivity index (χ2n) is 5.24. The van der Waals surface area contributed by atoms with Crippen molar-refractivity contribution >= 4 is 5.91 Å². The lowest BCUT2D eigenvalue weighted by molar-refractivity contribution is 0.0944. The first kappa shape index (κ1) is 14.4. The maximum Gasteiger partial charge on any atom is 0.271 e. The summed E-state index contributed by atoms with van der Waals surface area (Å²) in [5, 5.41) is 12.1. The van der Waals surface area contributed by atoms with Crippen molar-refractivity contribution in [2.75, 3.05) is 6.54 Å². The minimum atomic E-state index is -0.332. The fraction of sp³-hybridized carbons (Fsp3) is 0.333. The van der Waals surface area contributed by atoms with Gasteiger partial charge in [-0.2, -0.15) is 5.10 Å². The smallest absolute Gasteiger partial charge is 0.271 e. The third-order valence-corrected chi connectivity index (χ3v) is 3.81. The van der Waals surface area contributed by atoms with Gasteiger partial charge in [0.25, 0.3) is 11.5 Å². The van der Waals surface area contributed by atoms with Gasteiger partial charge in [0.2, 0.25) is 0 Å². The van der Waals surface area contributed by atoms with Crippen LogP contribution in [-0.4, -0.2) is 27.6 Å². The number of carbonyl (C=O) groups is 1. The van der Waals surface area contributed by atoms with Crippen LogP contribution in [-0.2, 0) is 19.5 Å². The van der Waals surface area contributed by atoms with Crippen LogP contribution < -0.4 is 16.2 Å². The number of carbonyl (C=O) groups excluding carboxylic acids is 1. The first-order valence-electron chi connectivity index (χ1n) is 7.16. The molecular formula is C15H17N5O2. The third-order valence-electron chi connectivity index (χ3n) is 3.81. The molecule has 0 aliphatic carbocycles. The third kappa shape index (κ3) is 2.89. The Balaban J connectivity index is 1.77. The molecule has 7 heteroatoms. The summed E-state index contributed by atoms with van der Waals surface area (Å²) in [6.45, 7) is 4.09. The summed E-state index contributed by atoms with van der Waals surface area (Å²) in [5.41, 5.74) is 4.30. The van der Waals surface area contributed by atoms with Gasteiger partial charge in [-0.25, -0.2) is 5.10 Å². The van der Waals surface area contributed by atoms with Crippen LogP contribution in [0.15, 0.2) is 23.1 Å². The Kier molecular flexibility index (Phi) is 3.97. The molecule has 0 aromatic carbocycles. The van der Waals surface area contributed by atoms with Crippen LogP contribution in [0.5, 0.6) is 0 Å². The Morgan fingerprint density at radius 3 is 3.05 bits per heavy atom. The molecule has 0 atom stereocenters. The fourth-order valence-corrected chi connectivity index (χ4v) is 2.61. The predicted octanol–water partition coefficient (Wildman–Crippen LogP) is 0.0490. The molecule has 1 aliphatic rings. The molecule has 7 nitrogen and oxygen atoms in total. The molecule has 114 valence electrons. The first-order chi connectivity index (χ1) is 10.6. The maximum atomic E-state index is 12.1. The van der Waals surface area contributed by atoms with Crippen molar-refractivity contribution in [3.05, 3.63) is 56.8 Å². The van der Waals surface area contributed by atoms with Gasteiger partial charge in [-0.05, 0) is 42.6 Å². The summed E-state index contributed by atoms with van der Waals surface area (Å²) in [7, 11) is 0. The summed E-state index contributed by atoms with van der Waals surface area (Å²) < 4.78 is 0. The zero-order valence-electron chi connectivity index (χ0n) is 12.3. The topological polar surface area (TPSA) is 99.8 Å². The molecule has 0 saturated carbocycles. The second kappa shape index (κ2) is 6.07. The zero-order valence-corrected chi connectivity index (χ0v) is 12.3. The van der Waals surface area contributed by atoms with Crippen LogP contribution in [0.3, 0.4) is 0 Å². The second-order valence-corrected chi connectivity index (χ2v) is 5.24. The molecule has 1 amide bonds. The maximum absolute atomic E-state index is 12.1. The quantitative estimate of drug-likeness (QED) is 0.743. The lowest BCUT2D eigenvalue weighted by atomic mass is 9.96. The highest BCUT2D eigenvalue weighted by Crippen LogP contribution is 2.20. The molecule has 0 unspecified atom stereocenters. The van der Waals surface area contributed by atoms with E-state index in [1.165, 1.54) is 23.3 Å². The van der Waals surface area contributed by atoms with Gasteiger partial charge in [-0.1, -0.05) is 0 Å². The standard InChI is InChI=1S/C15H17N5O2/c1-9-12(11-4-5-16-6-10(11)7-17-9)8-18-15(22)13-2-3-14(21)20-19-13/h2-3,7,16H,4-6,8H2,1H3,(H,18,22)(H,20,21). The molecule has 2 aromatic heterocycles. The highest BCUT2D eigenvalue weighted by molar-refractivity contribution is 5.91. The van der Waals surface area contributed by atoms with Crippen LogP contribution >= 0.6 is 0 Å². The van der Waals surface area contributed by atoms with E-state index >= 15 is 0 Å². The first-order valence-corrected chi connectivity index (χ1v) is 7.16. The van der Waals surface area contributed by atoms with Crippen LogP contribution in [0, 0.1) is 6.92 Å². The highest BCUT2D eigenvalue weighted by Gasteiger charge is 2.16. The Hall–Kier alpha value is -2.54. The van der Waals surface area contributed by atoms with Gasteiger partial charge in [-0.15, -0.1) is 0 Å². The number of fused-ring (bicyclic) bond motifs is 1. The highest BCUT2D eigenvalue weighted by atomic mass is 16.2. The normalized spacial score (nSPS) is 13.5. The Morgan fingerprint density at radius 2 is 2.27 bits per heavy atom.